The molecule has 5 heteroatoms. The van der Waals surface area contributed by atoms with E-state index in [2.05, 4.69) is 0 Å². The van der Waals surface area contributed by atoms with Crippen molar-refractivity contribution in [3.8, 4) is 0 Å². The van der Waals surface area contributed by atoms with E-state index in [1.807, 2.05) is 44.2 Å². The van der Waals surface area contributed by atoms with Crippen molar-refractivity contribution in [2.45, 2.75) is 20.4 Å². The summed E-state index contributed by atoms with van der Waals surface area (Å²) >= 11 is 0. The van der Waals surface area contributed by atoms with Crippen molar-refractivity contribution < 1.29 is 19.1 Å². The molecule has 1 aromatic carbocycles. The van der Waals surface area contributed by atoms with E-state index in [0.717, 1.165) is 11.0 Å². The minimum absolute atomic E-state index is 0.141. The second-order valence-electron chi connectivity index (χ2n) is 6.56. The van der Waals surface area contributed by atoms with Gasteiger partial charge in [-0.1, -0.05) is 32.0 Å². The average molecular weight is 301 g/mol. The molecule has 3 rings (SSSR count). The fourth-order valence-corrected chi connectivity index (χ4v) is 3.22. The first-order chi connectivity index (χ1) is 10.3. The molecule has 1 amide bonds. The van der Waals surface area contributed by atoms with Gasteiger partial charge in [-0.25, -0.2) is 0 Å². The van der Waals surface area contributed by atoms with Crippen LogP contribution in [0.5, 0.6) is 0 Å². The second-order valence-corrected chi connectivity index (χ2v) is 6.56. The molecule has 5 nitrogen and oxygen atoms in total. The molecule has 1 aromatic heterocycles. The van der Waals surface area contributed by atoms with Crippen LogP contribution < -0.4 is 0 Å². The number of aliphatic carboxylic acids is 1. The van der Waals surface area contributed by atoms with Gasteiger partial charge in [-0.2, -0.15) is 0 Å². The zero-order valence-corrected chi connectivity index (χ0v) is 12.9. The van der Waals surface area contributed by atoms with Crippen LogP contribution in [0.4, 0.5) is 0 Å². The second kappa shape index (κ2) is 4.87. The van der Waals surface area contributed by atoms with Crippen molar-refractivity contribution in [1.29, 1.82) is 0 Å². The number of nitrogens with zero attached hydrogens (tertiary/aromatic N) is 1. The monoisotopic (exact) mass is 301 g/mol. The zero-order chi connectivity index (χ0) is 16.1. The lowest BCUT2D eigenvalue weighted by molar-refractivity contribution is -0.141. The van der Waals surface area contributed by atoms with Gasteiger partial charge in [0.15, 0.2) is 0 Å². The number of carboxylic acids is 1. The Balaban J connectivity index is 1.73. The number of hydrogen-bond donors (Lipinski definition) is 1. The third-order valence-corrected chi connectivity index (χ3v) is 4.61. The highest BCUT2D eigenvalue weighted by molar-refractivity contribution is 5.91. The molecule has 0 unspecified atom stereocenters. The van der Waals surface area contributed by atoms with E-state index in [4.69, 9.17) is 4.42 Å². The van der Waals surface area contributed by atoms with Gasteiger partial charge in [-0.15, -0.1) is 0 Å². The first-order valence-corrected chi connectivity index (χ1v) is 7.27. The van der Waals surface area contributed by atoms with E-state index < -0.39 is 23.2 Å². The van der Waals surface area contributed by atoms with Gasteiger partial charge in [0, 0.05) is 12.4 Å². The third-order valence-electron chi connectivity index (χ3n) is 4.61. The molecule has 116 valence electrons. The number of furan rings is 1. The van der Waals surface area contributed by atoms with Gasteiger partial charge in [-0.3, -0.25) is 9.59 Å². The van der Waals surface area contributed by atoms with Gasteiger partial charge in [0.1, 0.15) is 11.3 Å². The van der Waals surface area contributed by atoms with Crippen molar-refractivity contribution in [2.75, 3.05) is 7.05 Å². The lowest BCUT2D eigenvalue weighted by atomic mass is 10.1. The van der Waals surface area contributed by atoms with Crippen LogP contribution in [-0.4, -0.2) is 28.9 Å². The normalized spacial score (nSPS) is 22.5. The van der Waals surface area contributed by atoms with Crippen LogP contribution in [0.3, 0.4) is 0 Å². The van der Waals surface area contributed by atoms with Crippen molar-refractivity contribution in [1.82, 2.24) is 4.90 Å². The van der Waals surface area contributed by atoms with Crippen LogP contribution in [0.25, 0.3) is 11.0 Å². The van der Waals surface area contributed by atoms with Crippen molar-refractivity contribution >= 4 is 22.8 Å². The standard InChI is InChI=1S/C17H19NO4/c1-17(2)13(14(17)16(20)21)15(19)18(3)9-11-8-10-6-4-5-7-12(10)22-11/h4-8,13-14H,9H2,1-3H3,(H,20,21)/t13-,14+/m0/s1. The van der Waals surface area contributed by atoms with E-state index in [1.54, 1.807) is 11.9 Å². The summed E-state index contributed by atoms with van der Waals surface area (Å²) in [6, 6.07) is 9.57. The maximum Gasteiger partial charge on any atom is 0.307 e. The Morgan fingerprint density at radius 2 is 1.95 bits per heavy atom. The maximum absolute atomic E-state index is 12.5. The Morgan fingerprint density at radius 3 is 2.55 bits per heavy atom. The summed E-state index contributed by atoms with van der Waals surface area (Å²) in [6.07, 6.45) is 0. The molecule has 1 heterocycles. The summed E-state index contributed by atoms with van der Waals surface area (Å²) < 4.78 is 5.71. The lowest BCUT2D eigenvalue weighted by Crippen LogP contribution is -2.29. The fraction of sp³-hybridized carbons (Fsp3) is 0.412. The summed E-state index contributed by atoms with van der Waals surface area (Å²) in [6.45, 7) is 3.99. The fourth-order valence-electron chi connectivity index (χ4n) is 3.22. The molecule has 1 fully saturated rings. The number of benzene rings is 1. The van der Waals surface area contributed by atoms with E-state index >= 15 is 0 Å². The number of hydrogen-bond acceptors (Lipinski definition) is 3. The highest BCUT2D eigenvalue weighted by Gasteiger charge is 2.66. The molecule has 1 N–H and O–H groups in total. The van der Waals surface area contributed by atoms with Gasteiger partial charge in [-0.05, 0) is 17.5 Å². The predicted octanol–water partition coefficient (Wildman–Crippen LogP) is 2.75. The Hall–Kier alpha value is -2.30. The Morgan fingerprint density at radius 1 is 1.27 bits per heavy atom. The Labute approximate surface area is 128 Å². The molecular weight excluding hydrogens is 282 g/mol. The van der Waals surface area contributed by atoms with Crippen LogP contribution in [-0.2, 0) is 16.1 Å². The molecule has 0 saturated heterocycles. The maximum atomic E-state index is 12.5. The SMILES string of the molecule is CN(Cc1cc2ccccc2o1)C(=O)[C@@H]1[C@H](C(=O)O)C1(C)C. The summed E-state index contributed by atoms with van der Waals surface area (Å²) in [5, 5.41) is 10.2. The van der Waals surface area contributed by atoms with Gasteiger partial charge in [0.25, 0.3) is 0 Å². The molecule has 0 bridgehead atoms. The average Bonchev–Trinajstić information content (AvgIpc) is 2.82. The third kappa shape index (κ3) is 2.26. The topological polar surface area (TPSA) is 70.8 Å². The van der Waals surface area contributed by atoms with Crippen molar-refractivity contribution in [3.63, 3.8) is 0 Å². The molecule has 1 saturated carbocycles. The minimum Gasteiger partial charge on any atom is -0.481 e. The summed E-state index contributed by atoms with van der Waals surface area (Å²) in [7, 11) is 1.68. The molecule has 1 aliphatic carbocycles. The number of carboxylic acid groups (broad SMARTS) is 1. The molecule has 0 spiro atoms. The molecule has 2 atom stereocenters. The Bertz CT molecular complexity index is 713. The van der Waals surface area contributed by atoms with Crippen LogP contribution in [0, 0.1) is 17.3 Å². The Kier molecular flexibility index (Phi) is 3.24. The first kappa shape index (κ1) is 14.6. The van der Waals surface area contributed by atoms with Crippen LogP contribution in [0.2, 0.25) is 0 Å². The van der Waals surface area contributed by atoms with Crippen LogP contribution in [0.1, 0.15) is 19.6 Å². The lowest BCUT2D eigenvalue weighted by Gasteiger charge is -2.16. The molecule has 1 aliphatic rings. The summed E-state index contributed by atoms with van der Waals surface area (Å²) in [5.41, 5.74) is 0.305. The molecule has 2 aromatic rings. The molecule has 22 heavy (non-hydrogen) atoms. The number of fused-ring (bicyclic) bond motifs is 1. The van der Waals surface area contributed by atoms with Crippen molar-refractivity contribution in [3.05, 3.63) is 36.1 Å². The first-order valence-electron chi connectivity index (χ1n) is 7.27. The van der Waals surface area contributed by atoms with Crippen LogP contribution in [0.15, 0.2) is 34.7 Å². The van der Waals surface area contributed by atoms with E-state index in [0.29, 0.717) is 12.3 Å². The van der Waals surface area contributed by atoms with Crippen LogP contribution >= 0.6 is 0 Å². The summed E-state index contributed by atoms with van der Waals surface area (Å²) in [5.74, 6) is -1.40. The minimum atomic E-state index is -0.902. The highest BCUT2D eigenvalue weighted by atomic mass is 16.4. The number of para-hydroxylation sites is 1. The largest absolute Gasteiger partial charge is 0.481 e. The summed E-state index contributed by atoms with van der Waals surface area (Å²) in [4.78, 5) is 25.2. The van der Waals surface area contributed by atoms with Gasteiger partial charge < -0.3 is 14.4 Å². The number of rotatable bonds is 4. The molecular formula is C17H19NO4. The van der Waals surface area contributed by atoms with Gasteiger partial charge in [0.2, 0.25) is 5.91 Å². The van der Waals surface area contributed by atoms with Gasteiger partial charge >= 0.3 is 5.97 Å². The smallest absolute Gasteiger partial charge is 0.307 e. The number of amides is 1. The number of carbonyl (C=O) groups is 2. The van der Waals surface area contributed by atoms with E-state index in [1.165, 1.54) is 0 Å². The highest BCUT2D eigenvalue weighted by Crippen LogP contribution is 2.59. The zero-order valence-electron chi connectivity index (χ0n) is 12.9. The van der Waals surface area contributed by atoms with E-state index in [-0.39, 0.29) is 5.91 Å². The molecule has 0 radical (unpaired) electrons. The quantitative estimate of drug-likeness (QED) is 0.942. The predicted molar refractivity (Wildman–Crippen MR) is 81.1 cm³/mol. The molecule has 0 aliphatic heterocycles. The van der Waals surface area contributed by atoms with Crippen molar-refractivity contribution in [2.24, 2.45) is 17.3 Å². The number of carbonyl (C=O) groups excluding carboxylic acids is 1. The van der Waals surface area contributed by atoms with E-state index in [9.17, 15) is 14.7 Å². The van der Waals surface area contributed by atoms with Gasteiger partial charge in [0.05, 0.1) is 18.4 Å².